The molecule has 0 aromatic heterocycles. The van der Waals surface area contributed by atoms with Gasteiger partial charge in [0.2, 0.25) is 0 Å². The van der Waals surface area contributed by atoms with Gasteiger partial charge in [-0.3, -0.25) is 19.7 Å². The topological polar surface area (TPSA) is 127 Å². The van der Waals surface area contributed by atoms with Gasteiger partial charge in [-0.25, -0.2) is 8.42 Å². The minimum atomic E-state index is -3.21. The first-order valence-corrected chi connectivity index (χ1v) is 9.61. The van der Waals surface area contributed by atoms with Gasteiger partial charge in [-0.05, 0) is 19.4 Å². The molecular formula is C14H16ClN3O6S. The van der Waals surface area contributed by atoms with Crippen LogP contribution in [-0.4, -0.2) is 54.1 Å². The molecule has 0 saturated carbocycles. The third kappa shape index (κ3) is 4.45. The van der Waals surface area contributed by atoms with Gasteiger partial charge in [0.15, 0.2) is 9.84 Å². The SMILES string of the molecule is CCN(C(=O)C(=O)Nc1cc([N+](=O)[O-])ccc1Cl)C1CCS(=O)(=O)C1. The van der Waals surface area contributed by atoms with E-state index in [0.29, 0.717) is 0 Å². The smallest absolute Gasteiger partial charge is 0.313 e. The Morgan fingerprint density at radius 3 is 2.64 bits per heavy atom. The van der Waals surface area contributed by atoms with Gasteiger partial charge in [-0.15, -0.1) is 0 Å². The molecule has 1 aliphatic heterocycles. The minimum absolute atomic E-state index is 0.0280. The fraction of sp³-hybridized carbons (Fsp3) is 0.429. The van der Waals surface area contributed by atoms with Crippen LogP contribution in [0, 0.1) is 10.1 Å². The monoisotopic (exact) mass is 389 g/mol. The Bertz CT molecular complexity index is 826. The maximum Gasteiger partial charge on any atom is 0.313 e. The lowest BCUT2D eigenvalue weighted by Crippen LogP contribution is -2.46. The van der Waals surface area contributed by atoms with Crippen LogP contribution < -0.4 is 5.32 Å². The second-order valence-corrected chi connectivity index (χ2v) is 8.16. The molecule has 0 bridgehead atoms. The zero-order valence-electron chi connectivity index (χ0n) is 13.3. The highest BCUT2D eigenvalue weighted by atomic mass is 35.5. The lowest BCUT2D eigenvalue weighted by Gasteiger charge is -2.26. The number of nitrogens with zero attached hydrogens (tertiary/aromatic N) is 2. The van der Waals surface area contributed by atoms with E-state index in [1.54, 1.807) is 6.92 Å². The van der Waals surface area contributed by atoms with Gasteiger partial charge in [0.1, 0.15) is 0 Å². The van der Waals surface area contributed by atoms with Gasteiger partial charge in [0.05, 0.1) is 27.1 Å². The number of likely N-dealkylation sites (N-methyl/N-ethyl adjacent to an activating group) is 1. The van der Waals surface area contributed by atoms with Crippen LogP contribution in [0.25, 0.3) is 0 Å². The van der Waals surface area contributed by atoms with Crippen LogP contribution in [-0.2, 0) is 19.4 Å². The highest BCUT2D eigenvalue weighted by Gasteiger charge is 2.36. The van der Waals surface area contributed by atoms with Crippen molar-refractivity contribution in [1.29, 1.82) is 0 Å². The van der Waals surface area contributed by atoms with Gasteiger partial charge in [-0.1, -0.05) is 11.6 Å². The number of carbonyl (C=O) groups is 2. The number of amides is 2. The van der Waals surface area contributed by atoms with E-state index in [9.17, 15) is 28.1 Å². The van der Waals surface area contributed by atoms with E-state index < -0.39 is 32.6 Å². The summed E-state index contributed by atoms with van der Waals surface area (Å²) in [6, 6.07) is 2.89. The number of halogens is 1. The fourth-order valence-corrected chi connectivity index (χ4v) is 4.51. The van der Waals surface area contributed by atoms with Crippen molar-refractivity contribution in [2.45, 2.75) is 19.4 Å². The molecule has 9 nitrogen and oxygen atoms in total. The van der Waals surface area contributed by atoms with Crippen molar-refractivity contribution in [2.24, 2.45) is 0 Å². The summed E-state index contributed by atoms with van der Waals surface area (Å²) in [5.41, 5.74) is -0.356. The molecule has 0 aliphatic carbocycles. The van der Waals surface area contributed by atoms with Gasteiger partial charge in [0.25, 0.3) is 5.69 Å². The molecule has 1 N–H and O–H groups in total. The largest absolute Gasteiger partial charge is 0.331 e. The molecule has 1 unspecified atom stereocenters. The predicted molar refractivity (Wildman–Crippen MR) is 91.2 cm³/mol. The first-order chi connectivity index (χ1) is 11.6. The molecule has 11 heteroatoms. The van der Waals surface area contributed by atoms with E-state index in [2.05, 4.69) is 5.32 Å². The molecule has 25 heavy (non-hydrogen) atoms. The van der Waals surface area contributed by atoms with Crippen LogP contribution in [0.1, 0.15) is 13.3 Å². The number of nitro groups is 1. The van der Waals surface area contributed by atoms with E-state index >= 15 is 0 Å². The van der Waals surface area contributed by atoms with Gasteiger partial charge < -0.3 is 10.2 Å². The third-order valence-electron chi connectivity index (χ3n) is 3.85. The summed E-state index contributed by atoms with van der Waals surface area (Å²) in [6.07, 6.45) is 0.271. The van der Waals surface area contributed by atoms with Crippen molar-refractivity contribution in [3.8, 4) is 0 Å². The van der Waals surface area contributed by atoms with Crippen LogP contribution in [0.3, 0.4) is 0 Å². The lowest BCUT2D eigenvalue weighted by molar-refractivity contribution is -0.384. The van der Waals surface area contributed by atoms with Gasteiger partial charge in [0, 0.05) is 24.7 Å². The number of nitro benzene ring substituents is 1. The molecule has 1 heterocycles. The Labute approximate surface area is 149 Å². The summed E-state index contributed by atoms with van der Waals surface area (Å²) in [6.45, 7) is 1.80. The summed E-state index contributed by atoms with van der Waals surface area (Å²) < 4.78 is 23.1. The summed E-state index contributed by atoms with van der Waals surface area (Å²) >= 11 is 5.89. The molecule has 1 aliphatic rings. The molecule has 1 aromatic carbocycles. The Hall–Kier alpha value is -2.20. The molecule has 1 atom stereocenters. The second-order valence-electron chi connectivity index (χ2n) is 5.52. The van der Waals surface area contributed by atoms with Crippen LogP contribution in [0.2, 0.25) is 5.02 Å². The maximum atomic E-state index is 12.3. The summed E-state index contributed by atoms with van der Waals surface area (Å²) in [7, 11) is -3.21. The van der Waals surface area contributed by atoms with Crippen molar-refractivity contribution >= 4 is 44.6 Å². The number of hydrogen-bond acceptors (Lipinski definition) is 6. The number of hydrogen-bond donors (Lipinski definition) is 1. The highest BCUT2D eigenvalue weighted by molar-refractivity contribution is 7.91. The number of sulfone groups is 1. The lowest BCUT2D eigenvalue weighted by atomic mass is 10.2. The second kappa shape index (κ2) is 7.36. The van der Waals surface area contributed by atoms with Crippen LogP contribution in [0.15, 0.2) is 18.2 Å². The fourth-order valence-electron chi connectivity index (χ4n) is 2.62. The molecule has 136 valence electrons. The van der Waals surface area contributed by atoms with Crippen LogP contribution >= 0.6 is 11.6 Å². The van der Waals surface area contributed by atoms with Gasteiger partial charge >= 0.3 is 11.8 Å². The average Bonchev–Trinajstić information content (AvgIpc) is 2.89. The van der Waals surface area contributed by atoms with Crippen molar-refractivity contribution in [3.63, 3.8) is 0 Å². The Kier molecular flexibility index (Phi) is 5.63. The Morgan fingerprint density at radius 2 is 2.12 bits per heavy atom. The van der Waals surface area contributed by atoms with E-state index in [-0.39, 0.29) is 40.9 Å². The molecular weight excluding hydrogens is 374 g/mol. The van der Waals surface area contributed by atoms with E-state index in [0.717, 1.165) is 6.07 Å². The van der Waals surface area contributed by atoms with Crippen LogP contribution in [0.4, 0.5) is 11.4 Å². The van der Waals surface area contributed by atoms with E-state index in [4.69, 9.17) is 11.6 Å². The zero-order chi connectivity index (χ0) is 18.8. The number of nitrogens with one attached hydrogen (secondary N) is 1. The molecule has 0 radical (unpaired) electrons. The maximum absolute atomic E-state index is 12.3. The molecule has 2 amide bonds. The molecule has 1 fully saturated rings. The minimum Gasteiger partial charge on any atom is -0.331 e. The number of carbonyl (C=O) groups excluding carboxylic acids is 2. The number of benzene rings is 1. The first kappa shape index (κ1) is 19.1. The molecule has 0 spiro atoms. The molecule has 2 rings (SSSR count). The summed E-state index contributed by atoms with van der Waals surface area (Å²) in [5, 5.41) is 13.1. The average molecular weight is 390 g/mol. The Morgan fingerprint density at radius 1 is 1.44 bits per heavy atom. The summed E-state index contributed by atoms with van der Waals surface area (Å²) in [4.78, 5) is 35.9. The van der Waals surface area contributed by atoms with Crippen molar-refractivity contribution in [2.75, 3.05) is 23.4 Å². The summed E-state index contributed by atoms with van der Waals surface area (Å²) in [5.74, 6) is -2.15. The van der Waals surface area contributed by atoms with Crippen molar-refractivity contribution < 1.29 is 22.9 Å². The standard InChI is InChI=1S/C14H16ClN3O6S/c1-2-17(10-5-6-25(23,24)8-10)14(20)13(19)16-12-7-9(18(21)22)3-4-11(12)15/h3-4,7,10H,2,5-6,8H2,1H3,(H,16,19). The molecule has 1 saturated heterocycles. The number of anilines is 1. The Balaban J connectivity index is 2.15. The van der Waals surface area contributed by atoms with Gasteiger partial charge in [-0.2, -0.15) is 0 Å². The normalized spacial score (nSPS) is 18.6. The van der Waals surface area contributed by atoms with E-state index in [1.165, 1.54) is 17.0 Å². The van der Waals surface area contributed by atoms with Crippen molar-refractivity contribution in [3.05, 3.63) is 33.3 Å². The number of rotatable bonds is 4. The highest BCUT2D eigenvalue weighted by Crippen LogP contribution is 2.27. The third-order valence-corrected chi connectivity index (χ3v) is 5.93. The quantitative estimate of drug-likeness (QED) is 0.468. The van der Waals surface area contributed by atoms with E-state index in [1.807, 2.05) is 0 Å². The van der Waals surface area contributed by atoms with Crippen LogP contribution in [0.5, 0.6) is 0 Å². The first-order valence-electron chi connectivity index (χ1n) is 7.41. The molecule has 1 aromatic rings. The number of non-ortho nitro benzene ring substituents is 1. The van der Waals surface area contributed by atoms with Crippen molar-refractivity contribution in [1.82, 2.24) is 4.90 Å². The zero-order valence-corrected chi connectivity index (χ0v) is 14.8. The predicted octanol–water partition coefficient (Wildman–Crippen LogP) is 1.22.